The second-order valence-corrected chi connectivity index (χ2v) is 8.13. The lowest BCUT2D eigenvalue weighted by Gasteiger charge is -2.34. The van der Waals surface area contributed by atoms with Crippen molar-refractivity contribution in [2.75, 3.05) is 18.0 Å². The van der Waals surface area contributed by atoms with E-state index in [1.165, 1.54) is 12.1 Å². The number of non-ortho nitro benzene ring substituents is 1. The van der Waals surface area contributed by atoms with Crippen molar-refractivity contribution in [3.63, 3.8) is 0 Å². The minimum atomic E-state index is -4.10. The average molecular weight is 412 g/mol. The lowest BCUT2D eigenvalue weighted by atomic mass is 10.1. The number of halogens is 1. The van der Waals surface area contributed by atoms with Crippen molar-refractivity contribution in [3.05, 3.63) is 57.6 Å². The first-order valence-corrected chi connectivity index (χ1v) is 10.2. The fraction of sp³-hybridized carbons (Fsp3) is 0.294. The van der Waals surface area contributed by atoms with Crippen LogP contribution in [-0.4, -0.2) is 32.5 Å². The zero-order chi connectivity index (χ0) is 19.6. The third kappa shape index (κ3) is 4.49. The van der Waals surface area contributed by atoms with Gasteiger partial charge in [-0.15, -0.1) is 0 Å². The van der Waals surface area contributed by atoms with Crippen LogP contribution in [0.15, 0.2) is 47.4 Å². The number of sulfonamides is 1. The maximum atomic E-state index is 11.9. The summed E-state index contributed by atoms with van der Waals surface area (Å²) in [6.07, 6.45) is 1.23. The summed E-state index contributed by atoms with van der Waals surface area (Å²) in [7, 11) is -4.10. The van der Waals surface area contributed by atoms with Gasteiger partial charge in [0.05, 0.1) is 15.6 Å². The number of nitro benzene ring substituents is 1. The molecule has 10 heteroatoms. The van der Waals surface area contributed by atoms with Gasteiger partial charge >= 0.3 is 0 Å². The molecule has 0 radical (unpaired) electrons. The normalized spacial score (nSPS) is 15.6. The summed E-state index contributed by atoms with van der Waals surface area (Å²) < 4.78 is 29.7. The van der Waals surface area contributed by atoms with E-state index in [4.69, 9.17) is 21.5 Å². The van der Waals surface area contributed by atoms with E-state index >= 15 is 0 Å². The summed E-state index contributed by atoms with van der Waals surface area (Å²) in [5, 5.41) is 16.7. The summed E-state index contributed by atoms with van der Waals surface area (Å²) >= 11 is 6.11. The van der Waals surface area contributed by atoms with Crippen molar-refractivity contribution in [3.8, 4) is 5.75 Å². The molecule has 0 spiro atoms. The topological polar surface area (TPSA) is 116 Å². The van der Waals surface area contributed by atoms with E-state index in [0.29, 0.717) is 42.4 Å². The number of benzene rings is 2. The highest BCUT2D eigenvalue weighted by Gasteiger charge is 2.27. The molecule has 3 rings (SSSR count). The second kappa shape index (κ2) is 7.71. The second-order valence-electron chi connectivity index (χ2n) is 6.19. The molecule has 1 aliphatic heterocycles. The van der Waals surface area contributed by atoms with Gasteiger partial charge in [-0.3, -0.25) is 10.1 Å². The molecule has 0 aliphatic carbocycles. The van der Waals surface area contributed by atoms with Crippen LogP contribution in [0.5, 0.6) is 5.75 Å². The van der Waals surface area contributed by atoms with Crippen LogP contribution in [0.4, 0.5) is 11.4 Å². The number of ether oxygens (including phenoxy) is 1. The Balaban J connectivity index is 1.76. The van der Waals surface area contributed by atoms with Crippen LogP contribution in [0.1, 0.15) is 12.8 Å². The summed E-state index contributed by atoms with van der Waals surface area (Å²) in [6.45, 7) is 1.05. The largest absolute Gasteiger partial charge is 0.489 e. The molecule has 1 aliphatic rings. The van der Waals surface area contributed by atoms with Gasteiger partial charge in [0, 0.05) is 38.1 Å². The Morgan fingerprint density at radius 3 is 2.44 bits per heavy atom. The van der Waals surface area contributed by atoms with Gasteiger partial charge in [-0.05, 0) is 18.2 Å². The van der Waals surface area contributed by atoms with Crippen molar-refractivity contribution in [1.29, 1.82) is 0 Å². The molecule has 8 nitrogen and oxygen atoms in total. The number of rotatable bonds is 5. The average Bonchev–Trinajstić information content (AvgIpc) is 2.63. The van der Waals surface area contributed by atoms with Gasteiger partial charge in [0.2, 0.25) is 10.0 Å². The van der Waals surface area contributed by atoms with Gasteiger partial charge < -0.3 is 9.64 Å². The lowest BCUT2D eigenvalue weighted by molar-refractivity contribution is -0.385. The number of anilines is 1. The van der Waals surface area contributed by atoms with E-state index in [1.54, 1.807) is 12.1 Å². The molecule has 0 bridgehead atoms. The number of para-hydroxylation sites is 1. The van der Waals surface area contributed by atoms with Gasteiger partial charge in [0.15, 0.2) is 0 Å². The van der Waals surface area contributed by atoms with Crippen LogP contribution < -0.4 is 14.8 Å². The standard InChI is InChI=1S/C17H18ClN3O5S/c18-14-3-1-2-4-16(14)26-13-7-9-20(10-8-13)15-6-5-12(21(22)23)11-17(15)27(19,24)25/h1-6,11,13H,7-10H2,(H2,19,24,25). The minimum Gasteiger partial charge on any atom is -0.489 e. The molecule has 0 aromatic heterocycles. The maximum Gasteiger partial charge on any atom is 0.270 e. The fourth-order valence-corrected chi connectivity index (χ4v) is 3.99. The van der Waals surface area contributed by atoms with Gasteiger partial charge in [-0.25, -0.2) is 13.6 Å². The summed E-state index contributed by atoms with van der Waals surface area (Å²) in [4.78, 5) is 11.9. The molecule has 0 atom stereocenters. The highest BCUT2D eigenvalue weighted by atomic mass is 35.5. The first kappa shape index (κ1) is 19.4. The zero-order valence-electron chi connectivity index (χ0n) is 14.2. The van der Waals surface area contributed by atoms with Crippen LogP contribution in [0.3, 0.4) is 0 Å². The van der Waals surface area contributed by atoms with Crippen LogP contribution in [-0.2, 0) is 10.0 Å². The zero-order valence-corrected chi connectivity index (χ0v) is 15.8. The van der Waals surface area contributed by atoms with Crippen LogP contribution >= 0.6 is 11.6 Å². The van der Waals surface area contributed by atoms with Gasteiger partial charge in [0.25, 0.3) is 5.69 Å². The molecule has 144 valence electrons. The van der Waals surface area contributed by atoms with Crippen LogP contribution in [0.25, 0.3) is 0 Å². The summed E-state index contributed by atoms with van der Waals surface area (Å²) in [5.74, 6) is 0.609. The minimum absolute atomic E-state index is 0.0582. The number of nitro groups is 1. The van der Waals surface area contributed by atoms with E-state index in [1.807, 2.05) is 17.0 Å². The van der Waals surface area contributed by atoms with Crippen molar-refractivity contribution < 1.29 is 18.1 Å². The Morgan fingerprint density at radius 1 is 1.19 bits per heavy atom. The highest BCUT2D eigenvalue weighted by molar-refractivity contribution is 7.89. The Kier molecular flexibility index (Phi) is 5.54. The molecule has 2 aromatic carbocycles. The monoisotopic (exact) mass is 411 g/mol. The molecule has 0 amide bonds. The molecule has 0 unspecified atom stereocenters. The van der Waals surface area contributed by atoms with Crippen LogP contribution in [0, 0.1) is 10.1 Å². The number of nitrogens with zero attached hydrogens (tertiary/aromatic N) is 2. The lowest BCUT2D eigenvalue weighted by Crippen LogP contribution is -2.39. The number of primary sulfonamides is 1. The molecule has 1 saturated heterocycles. The van der Waals surface area contributed by atoms with Crippen molar-refractivity contribution in [2.24, 2.45) is 5.14 Å². The molecular formula is C17H18ClN3O5S. The quantitative estimate of drug-likeness (QED) is 0.597. The van der Waals surface area contributed by atoms with E-state index in [9.17, 15) is 18.5 Å². The van der Waals surface area contributed by atoms with E-state index in [2.05, 4.69) is 0 Å². The van der Waals surface area contributed by atoms with Crippen molar-refractivity contribution >= 4 is 33.0 Å². The van der Waals surface area contributed by atoms with Crippen LogP contribution in [0.2, 0.25) is 5.02 Å². The highest BCUT2D eigenvalue weighted by Crippen LogP contribution is 2.32. The molecule has 0 saturated carbocycles. The Labute approximate surface area is 161 Å². The first-order chi connectivity index (χ1) is 12.8. The van der Waals surface area contributed by atoms with Gasteiger partial charge in [-0.2, -0.15) is 0 Å². The van der Waals surface area contributed by atoms with Gasteiger partial charge in [0.1, 0.15) is 16.7 Å². The predicted octanol–water partition coefficient (Wildman–Crippen LogP) is 2.94. The Bertz CT molecular complexity index is 959. The molecule has 27 heavy (non-hydrogen) atoms. The number of hydrogen-bond donors (Lipinski definition) is 1. The third-order valence-corrected chi connectivity index (χ3v) is 5.63. The van der Waals surface area contributed by atoms with Crippen molar-refractivity contribution in [2.45, 2.75) is 23.8 Å². The fourth-order valence-electron chi connectivity index (χ4n) is 3.04. The third-order valence-electron chi connectivity index (χ3n) is 4.37. The van der Waals surface area contributed by atoms with Crippen molar-refractivity contribution in [1.82, 2.24) is 0 Å². The summed E-state index contributed by atoms with van der Waals surface area (Å²) in [5.41, 5.74) is 0.0407. The molecule has 2 N–H and O–H groups in total. The SMILES string of the molecule is NS(=O)(=O)c1cc([N+](=O)[O-])ccc1N1CCC(Oc2ccccc2Cl)CC1. The molecule has 1 fully saturated rings. The number of hydrogen-bond acceptors (Lipinski definition) is 6. The predicted molar refractivity (Wildman–Crippen MR) is 102 cm³/mol. The smallest absolute Gasteiger partial charge is 0.270 e. The molecular weight excluding hydrogens is 394 g/mol. The number of piperidine rings is 1. The van der Waals surface area contributed by atoms with E-state index in [-0.39, 0.29) is 16.7 Å². The molecule has 2 aromatic rings. The van der Waals surface area contributed by atoms with E-state index in [0.717, 1.165) is 6.07 Å². The number of nitrogens with two attached hydrogens (primary N) is 1. The maximum absolute atomic E-state index is 11.9. The Hall–Kier alpha value is -2.36. The molecule has 1 heterocycles. The van der Waals surface area contributed by atoms with E-state index < -0.39 is 14.9 Å². The summed E-state index contributed by atoms with van der Waals surface area (Å²) in [6, 6.07) is 10.9. The Morgan fingerprint density at radius 2 is 1.85 bits per heavy atom. The van der Waals surface area contributed by atoms with Gasteiger partial charge in [-0.1, -0.05) is 23.7 Å². The first-order valence-electron chi connectivity index (χ1n) is 8.23.